The van der Waals surface area contributed by atoms with E-state index >= 15 is 0 Å². The first kappa shape index (κ1) is 10.4. The van der Waals surface area contributed by atoms with Crippen molar-refractivity contribution in [3.63, 3.8) is 0 Å². The molecule has 0 spiro atoms. The zero-order valence-corrected chi connectivity index (χ0v) is 8.81. The Hall–Kier alpha value is -2.17. The predicted octanol–water partition coefficient (Wildman–Crippen LogP) is 1.52. The molecule has 5 nitrogen and oxygen atoms in total. The van der Waals surface area contributed by atoms with Gasteiger partial charge in [-0.15, -0.1) is 0 Å². The third-order valence-electron chi connectivity index (χ3n) is 2.27. The van der Waals surface area contributed by atoms with E-state index in [4.69, 9.17) is 13.9 Å². The summed E-state index contributed by atoms with van der Waals surface area (Å²) >= 11 is 0. The average Bonchev–Trinajstić information content (AvgIpc) is 2.29. The summed E-state index contributed by atoms with van der Waals surface area (Å²) in [6.45, 7) is 0. The van der Waals surface area contributed by atoms with Gasteiger partial charge in [-0.25, -0.2) is 0 Å². The molecule has 0 aliphatic rings. The molecule has 1 N–H and O–H groups in total. The quantitative estimate of drug-likeness (QED) is 0.834. The van der Waals surface area contributed by atoms with E-state index in [1.165, 1.54) is 32.6 Å². The van der Waals surface area contributed by atoms with Gasteiger partial charge in [-0.3, -0.25) is 4.79 Å². The number of rotatable bonds is 2. The van der Waals surface area contributed by atoms with E-state index in [0.717, 1.165) is 0 Å². The Morgan fingerprint density at radius 1 is 1.31 bits per heavy atom. The first-order valence-corrected chi connectivity index (χ1v) is 4.54. The minimum atomic E-state index is -0.281. The second kappa shape index (κ2) is 3.77. The van der Waals surface area contributed by atoms with Crippen LogP contribution in [-0.2, 0) is 0 Å². The SMILES string of the molecule is COc1cc2occc(=O)c2c(OC)c1O. The fourth-order valence-electron chi connectivity index (χ4n) is 1.53. The molecule has 0 atom stereocenters. The van der Waals surface area contributed by atoms with Crippen LogP contribution in [0.15, 0.2) is 27.6 Å². The molecule has 0 amide bonds. The van der Waals surface area contributed by atoms with Crippen LogP contribution in [0, 0.1) is 0 Å². The van der Waals surface area contributed by atoms with Gasteiger partial charge in [0.25, 0.3) is 0 Å². The summed E-state index contributed by atoms with van der Waals surface area (Å²) in [5.74, 6) is 0.0402. The predicted molar refractivity (Wildman–Crippen MR) is 57.3 cm³/mol. The van der Waals surface area contributed by atoms with Gasteiger partial charge in [0.1, 0.15) is 11.0 Å². The highest BCUT2D eigenvalue weighted by Crippen LogP contribution is 2.40. The van der Waals surface area contributed by atoms with Crippen molar-refractivity contribution in [3.05, 3.63) is 28.6 Å². The fourth-order valence-corrected chi connectivity index (χ4v) is 1.53. The topological polar surface area (TPSA) is 68.9 Å². The van der Waals surface area contributed by atoms with Crippen LogP contribution in [0.4, 0.5) is 0 Å². The van der Waals surface area contributed by atoms with E-state index in [0.29, 0.717) is 5.58 Å². The molecule has 84 valence electrons. The van der Waals surface area contributed by atoms with Crippen molar-refractivity contribution in [1.29, 1.82) is 0 Å². The van der Waals surface area contributed by atoms with Crippen LogP contribution in [0.2, 0.25) is 0 Å². The standard InChI is InChI=1S/C11H10O5/c1-14-8-5-7-9(6(12)3-4-16-7)11(15-2)10(8)13/h3-5,13H,1-2H3. The maximum absolute atomic E-state index is 11.6. The molecule has 0 unspecified atom stereocenters. The highest BCUT2D eigenvalue weighted by molar-refractivity contribution is 5.88. The monoisotopic (exact) mass is 222 g/mol. The lowest BCUT2D eigenvalue weighted by Crippen LogP contribution is -2.01. The zero-order chi connectivity index (χ0) is 11.7. The number of fused-ring (bicyclic) bond motifs is 1. The number of phenols is 1. The Labute approximate surface area is 90.8 Å². The number of benzene rings is 1. The number of aromatic hydroxyl groups is 1. The van der Waals surface area contributed by atoms with Crippen molar-refractivity contribution in [1.82, 2.24) is 0 Å². The molecule has 1 aromatic carbocycles. The van der Waals surface area contributed by atoms with Crippen LogP contribution in [-0.4, -0.2) is 19.3 Å². The largest absolute Gasteiger partial charge is 0.502 e. The Kier molecular flexibility index (Phi) is 2.44. The molecule has 2 aromatic rings. The summed E-state index contributed by atoms with van der Waals surface area (Å²) < 4.78 is 15.1. The lowest BCUT2D eigenvalue weighted by Gasteiger charge is -2.09. The first-order chi connectivity index (χ1) is 7.69. The van der Waals surface area contributed by atoms with Gasteiger partial charge in [-0.1, -0.05) is 0 Å². The van der Waals surface area contributed by atoms with Gasteiger partial charge in [-0.2, -0.15) is 0 Å². The van der Waals surface area contributed by atoms with Crippen molar-refractivity contribution in [2.75, 3.05) is 14.2 Å². The lowest BCUT2D eigenvalue weighted by molar-refractivity contribution is 0.342. The minimum absolute atomic E-state index is 0.0590. The van der Waals surface area contributed by atoms with Gasteiger partial charge in [0.05, 0.1) is 20.5 Å². The van der Waals surface area contributed by atoms with E-state index in [9.17, 15) is 9.90 Å². The van der Waals surface area contributed by atoms with Crippen LogP contribution in [0.5, 0.6) is 17.2 Å². The van der Waals surface area contributed by atoms with Crippen molar-refractivity contribution in [2.45, 2.75) is 0 Å². The molecule has 0 saturated carbocycles. The second-order valence-electron chi connectivity index (χ2n) is 3.12. The lowest BCUT2D eigenvalue weighted by atomic mass is 10.2. The van der Waals surface area contributed by atoms with Gasteiger partial charge >= 0.3 is 0 Å². The van der Waals surface area contributed by atoms with E-state index in [-0.39, 0.29) is 28.1 Å². The van der Waals surface area contributed by atoms with Crippen LogP contribution < -0.4 is 14.9 Å². The van der Waals surface area contributed by atoms with E-state index in [1.54, 1.807) is 0 Å². The Morgan fingerprint density at radius 2 is 2.06 bits per heavy atom. The fraction of sp³-hybridized carbons (Fsp3) is 0.182. The third kappa shape index (κ3) is 1.37. The number of phenolic OH excluding ortho intramolecular Hbond substituents is 1. The van der Waals surface area contributed by atoms with Gasteiger partial charge in [-0.05, 0) is 0 Å². The highest BCUT2D eigenvalue weighted by atomic mass is 16.5. The Balaban J connectivity index is 2.96. The van der Waals surface area contributed by atoms with Crippen LogP contribution >= 0.6 is 0 Å². The molecular formula is C11H10O5. The minimum Gasteiger partial charge on any atom is -0.502 e. The van der Waals surface area contributed by atoms with Gasteiger partial charge < -0.3 is 19.0 Å². The third-order valence-corrected chi connectivity index (χ3v) is 2.27. The maximum atomic E-state index is 11.6. The Bertz CT molecular complexity index is 585. The Morgan fingerprint density at radius 3 is 2.69 bits per heavy atom. The number of ether oxygens (including phenoxy) is 2. The number of hydrogen-bond acceptors (Lipinski definition) is 5. The number of hydrogen-bond donors (Lipinski definition) is 1. The summed E-state index contributed by atoms with van der Waals surface area (Å²) in [5, 5.41) is 9.98. The normalized spacial score (nSPS) is 10.4. The van der Waals surface area contributed by atoms with Gasteiger partial charge in [0, 0.05) is 12.1 Å². The van der Waals surface area contributed by atoms with E-state index in [1.807, 2.05) is 0 Å². The zero-order valence-electron chi connectivity index (χ0n) is 8.81. The molecular weight excluding hydrogens is 212 g/mol. The van der Waals surface area contributed by atoms with Crippen molar-refractivity contribution >= 4 is 11.0 Å². The number of methoxy groups -OCH3 is 2. The molecule has 1 aromatic heterocycles. The van der Waals surface area contributed by atoms with Crippen molar-refractivity contribution in [2.24, 2.45) is 0 Å². The molecule has 1 heterocycles. The highest BCUT2D eigenvalue weighted by Gasteiger charge is 2.17. The maximum Gasteiger partial charge on any atom is 0.201 e. The van der Waals surface area contributed by atoms with Gasteiger partial charge in [0.15, 0.2) is 16.9 Å². The molecule has 16 heavy (non-hydrogen) atoms. The van der Waals surface area contributed by atoms with E-state index < -0.39 is 0 Å². The molecule has 0 saturated heterocycles. The summed E-state index contributed by atoms with van der Waals surface area (Å²) in [5.41, 5.74) is 0.0232. The van der Waals surface area contributed by atoms with Crippen LogP contribution in [0.3, 0.4) is 0 Å². The summed E-state index contributed by atoms with van der Waals surface area (Å²) in [7, 11) is 2.77. The second-order valence-corrected chi connectivity index (χ2v) is 3.12. The molecule has 0 bridgehead atoms. The smallest absolute Gasteiger partial charge is 0.201 e. The van der Waals surface area contributed by atoms with Crippen LogP contribution in [0.1, 0.15) is 0 Å². The molecule has 5 heteroatoms. The molecule has 0 aliphatic heterocycles. The first-order valence-electron chi connectivity index (χ1n) is 4.54. The average molecular weight is 222 g/mol. The summed E-state index contributed by atoms with van der Waals surface area (Å²) in [6.07, 6.45) is 1.28. The molecule has 0 aliphatic carbocycles. The molecule has 0 fully saturated rings. The summed E-state index contributed by atoms with van der Waals surface area (Å²) in [4.78, 5) is 11.6. The van der Waals surface area contributed by atoms with Crippen molar-refractivity contribution in [3.8, 4) is 17.2 Å². The van der Waals surface area contributed by atoms with Gasteiger partial charge in [0.2, 0.25) is 5.75 Å². The molecule has 0 radical (unpaired) electrons. The van der Waals surface area contributed by atoms with Crippen molar-refractivity contribution < 1.29 is 19.0 Å². The van der Waals surface area contributed by atoms with E-state index in [2.05, 4.69) is 0 Å². The van der Waals surface area contributed by atoms with Crippen LogP contribution in [0.25, 0.3) is 11.0 Å². The summed E-state index contributed by atoms with van der Waals surface area (Å²) in [6, 6.07) is 2.70. The molecule has 2 rings (SSSR count).